The normalized spacial score (nSPS) is 15.3. The number of rotatable bonds is 5. The maximum absolute atomic E-state index is 15.2. The van der Waals surface area contributed by atoms with E-state index in [1.165, 1.54) is 29.3 Å². The lowest BCUT2D eigenvalue weighted by atomic mass is 10.1. The molecule has 0 fully saturated rings. The number of likely N-dealkylation sites (N-methyl/N-ethyl adjacent to an activating group) is 1. The second-order valence-corrected chi connectivity index (χ2v) is 9.97. The van der Waals surface area contributed by atoms with Gasteiger partial charge in [-0.1, -0.05) is 29.8 Å². The molecule has 41 heavy (non-hydrogen) atoms. The summed E-state index contributed by atoms with van der Waals surface area (Å²) in [6, 6.07) is 10.7. The summed E-state index contributed by atoms with van der Waals surface area (Å²) in [7, 11) is 1.63. The number of benzene rings is 2. The molecule has 0 aliphatic carbocycles. The number of fused-ring (bicyclic) bond motifs is 4. The molecule has 0 spiro atoms. The molecule has 2 aromatic carbocycles. The lowest BCUT2D eigenvalue weighted by Crippen LogP contribution is -2.48. The van der Waals surface area contributed by atoms with Crippen molar-refractivity contribution in [1.29, 1.82) is 0 Å². The number of alkyl halides is 3. The number of para-hydroxylation sites is 2. The highest BCUT2D eigenvalue weighted by atomic mass is 35.5. The largest absolute Gasteiger partial charge is 0.485 e. The SMILES string of the molecule is CN(CC1CN(CC(F)(F)F)c2ccccc2O1)c1ncc2c3[nH]nc(N)c3c(=O)n(-c3cccc(Cl)c3F)c2n1. The second kappa shape index (κ2) is 9.80. The third-order valence-corrected chi connectivity index (χ3v) is 7.03. The monoisotopic (exact) mass is 588 g/mol. The summed E-state index contributed by atoms with van der Waals surface area (Å²) >= 11 is 6.01. The quantitative estimate of drug-likeness (QED) is 0.292. The molecule has 1 aliphatic rings. The van der Waals surface area contributed by atoms with Crippen molar-refractivity contribution in [2.45, 2.75) is 12.3 Å². The fraction of sp³-hybridized carbons (Fsp3) is 0.231. The van der Waals surface area contributed by atoms with Crippen LogP contribution in [0.4, 0.5) is 35.0 Å². The molecule has 10 nitrogen and oxygen atoms in total. The Morgan fingerprint density at radius 3 is 2.73 bits per heavy atom. The fourth-order valence-electron chi connectivity index (χ4n) is 4.99. The number of nitrogen functional groups attached to an aromatic ring is 1. The van der Waals surface area contributed by atoms with Gasteiger partial charge in [-0.15, -0.1) is 0 Å². The lowest BCUT2D eigenvalue weighted by Gasteiger charge is -2.37. The van der Waals surface area contributed by atoms with Crippen LogP contribution < -0.4 is 25.8 Å². The average molecular weight is 589 g/mol. The Balaban J connectivity index is 1.41. The number of anilines is 3. The Bertz CT molecular complexity index is 1860. The molecule has 1 atom stereocenters. The van der Waals surface area contributed by atoms with Gasteiger partial charge in [0.1, 0.15) is 23.8 Å². The Morgan fingerprint density at radius 1 is 1.20 bits per heavy atom. The summed E-state index contributed by atoms with van der Waals surface area (Å²) in [5.74, 6) is -0.482. The topological polar surface area (TPSA) is 118 Å². The van der Waals surface area contributed by atoms with Crippen molar-refractivity contribution in [1.82, 2.24) is 24.7 Å². The van der Waals surface area contributed by atoms with E-state index in [0.717, 1.165) is 4.57 Å². The van der Waals surface area contributed by atoms with Gasteiger partial charge in [0.15, 0.2) is 17.3 Å². The highest BCUT2D eigenvalue weighted by Gasteiger charge is 2.36. The van der Waals surface area contributed by atoms with Crippen LogP contribution >= 0.6 is 11.6 Å². The van der Waals surface area contributed by atoms with Crippen molar-refractivity contribution in [3.63, 3.8) is 0 Å². The zero-order valence-electron chi connectivity index (χ0n) is 21.3. The van der Waals surface area contributed by atoms with E-state index in [9.17, 15) is 18.0 Å². The van der Waals surface area contributed by atoms with Gasteiger partial charge in [-0.3, -0.25) is 14.5 Å². The number of pyridine rings is 1. The number of halogens is 5. The molecular weight excluding hydrogens is 568 g/mol. The third-order valence-electron chi connectivity index (χ3n) is 6.73. The van der Waals surface area contributed by atoms with Gasteiger partial charge in [0, 0.05) is 13.2 Å². The van der Waals surface area contributed by atoms with Crippen molar-refractivity contribution in [2.75, 3.05) is 42.2 Å². The Labute approximate surface area is 233 Å². The highest BCUT2D eigenvalue weighted by molar-refractivity contribution is 6.31. The molecule has 0 bridgehead atoms. The minimum atomic E-state index is -4.41. The van der Waals surface area contributed by atoms with E-state index in [1.807, 2.05) is 0 Å². The number of nitrogens with two attached hydrogens (primary N) is 1. The van der Waals surface area contributed by atoms with E-state index in [2.05, 4.69) is 20.2 Å². The number of hydrogen-bond acceptors (Lipinski definition) is 8. The summed E-state index contributed by atoms with van der Waals surface area (Å²) in [5.41, 5.74) is 5.76. The van der Waals surface area contributed by atoms with E-state index in [-0.39, 0.29) is 52.1 Å². The van der Waals surface area contributed by atoms with E-state index in [1.54, 1.807) is 36.2 Å². The Kier molecular flexibility index (Phi) is 6.36. The maximum Gasteiger partial charge on any atom is 0.405 e. The van der Waals surface area contributed by atoms with Crippen LogP contribution in [0.3, 0.4) is 0 Å². The first kappa shape index (κ1) is 26.6. The van der Waals surface area contributed by atoms with Crippen molar-refractivity contribution in [2.24, 2.45) is 0 Å². The standard InChI is InChI=1S/C26H21ClF4N8O2/c1-37(10-13-11-38(12-26(29,30)31)16-6-2-3-8-18(16)41-13)25-33-9-14-21-19(22(32)36-35-21)24(40)39(23(14)34-25)17-7-4-5-15(27)20(17)28/h2-9,13H,10-12H2,1H3,(H3,32,35,36). The summed E-state index contributed by atoms with van der Waals surface area (Å²) in [5, 5.41) is 6.78. The van der Waals surface area contributed by atoms with Crippen LogP contribution in [0.15, 0.2) is 53.5 Å². The predicted octanol–water partition coefficient (Wildman–Crippen LogP) is 4.30. The smallest absolute Gasteiger partial charge is 0.405 e. The van der Waals surface area contributed by atoms with E-state index in [4.69, 9.17) is 22.1 Å². The maximum atomic E-state index is 15.2. The molecule has 4 heterocycles. The summed E-state index contributed by atoms with van der Waals surface area (Å²) in [4.78, 5) is 25.3. The van der Waals surface area contributed by atoms with Crippen LogP contribution in [0.2, 0.25) is 5.02 Å². The first-order valence-electron chi connectivity index (χ1n) is 12.3. The van der Waals surface area contributed by atoms with Gasteiger partial charge >= 0.3 is 6.18 Å². The summed E-state index contributed by atoms with van der Waals surface area (Å²) in [6.45, 7) is -1.08. The van der Waals surface area contributed by atoms with Gasteiger partial charge in [-0.2, -0.15) is 23.3 Å². The molecule has 5 aromatic rings. The number of ether oxygens (including phenoxy) is 1. The van der Waals surface area contributed by atoms with Crippen molar-refractivity contribution < 1.29 is 22.3 Å². The molecule has 212 valence electrons. The number of nitrogens with one attached hydrogen (secondary N) is 1. The van der Waals surface area contributed by atoms with Gasteiger partial charge in [-0.05, 0) is 24.3 Å². The van der Waals surface area contributed by atoms with Crippen LogP contribution in [-0.4, -0.2) is 63.7 Å². The summed E-state index contributed by atoms with van der Waals surface area (Å²) in [6.07, 6.45) is -3.67. The lowest BCUT2D eigenvalue weighted by molar-refractivity contribution is -0.120. The highest BCUT2D eigenvalue weighted by Crippen LogP contribution is 2.35. The minimum absolute atomic E-state index is 0.0283. The molecule has 3 aromatic heterocycles. The third kappa shape index (κ3) is 4.73. The van der Waals surface area contributed by atoms with Crippen LogP contribution in [0.25, 0.3) is 27.6 Å². The first-order chi connectivity index (χ1) is 19.5. The van der Waals surface area contributed by atoms with Crippen molar-refractivity contribution in [3.05, 3.63) is 69.9 Å². The number of nitrogens with zero attached hydrogens (tertiary/aromatic N) is 6. The number of H-pyrrole nitrogens is 1. The van der Waals surface area contributed by atoms with Crippen LogP contribution in [0.1, 0.15) is 0 Å². The molecule has 15 heteroatoms. The number of aromatic nitrogens is 5. The zero-order chi connectivity index (χ0) is 29.1. The van der Waals surface area contributed by atoms with Crippen molar-refractivity contribution in [3.8, 4) is 11.4 Å². The summed E-state index contributed by atoms with van der Waals surface area (Å²) < 4.78 is 62.2. The molecule has 1 aliphatic heterocycles. The zero-order valence-corrected chi connectivity index (χ0v) is 22.0. The van der Waals surface area contributed by atoms with Gasteiger partial charge in [0.25, 0.3) is 5.56 Å². The molecule has 3 N–H and O–H groups in total. The van der Waals surface area contributed by atoms with E-state index >= 15 is 4.39 Å². The van der Waals surface area contributed by atoms with Crippen LogP contribution in [0.5, 0.6) is 5.75 Å². The number of hydrogen-bond donors (Lipinski definition) is 2. The Hall–Kier alpha value is -4.59. The molecule has 0 saturated heterocycles. The molecule has 0 amide bonds. The Morgan fingerprint density at radius 2 is 1.95 bits per heavy atom. The molecular formula is C26H21ClF4N8O2. The minimum Gasteiger partial charge on any atom is -0.485 e. The molecule has 6 rings (SSSR count). The second-order valence-electron chi connectivity index (χ2n) is 9.56. The van der Waals surface area contributed by atoms with Gasteiger partial charge in [0.2, 0.25) is 5.95 Å². The van der Waals surface area contributed by atoms with E-state index in [0.29, 0.717) is 16.8 Å². The average Bonchev–Trinajstić information content (AvgIpc) is 3.31. The first-order valence-corrected chi connectivity index (χ1v) is 12.7. The molecule has 0 saturated carbocycles. The fourth-order valence-corrected chi connectivity index (χ4v) is 5.16. The van der Waals surface area contributed by atoms with E-state index < -0.39 is 30.2 Å². The van der Waals surface area contributed by atoms with Gasteiger partial charge < -0.3 is 20.3 Å². The van der Waals surface area contributed by atoms with Crippen LogP contribution in [0, 0.1) is 5.82 Å². The number of aromatic amines is 1. The molecule has 1 unspecified atom stereocenters. The van der Waals surface area contributed by atoms with Crippen molar-refractivity contribution >= 4 is 51.0 Å². The van der Waals surface area contributed by atoms with Gasteiger partial charge in [-0.25, -0.2) is 9.37 Å². The van der Waals surface area contributed by atoms with Crippen LogP contribution in [-0.2, 0) is 0 Å². The predicted molar refractivity (Wildman–Crippen MR) is 147 cm³/mol. The van der Waals surface area contributed by atoms with Gasteiger partial charge in [0.05, 0.1) is 40.4 Å². The molecule has 0 radical (unpaired) electrons.